The summed E-state index contributed by atoms with van der Waals surface area (Å²) in [6, 6.07) is 0.131. The van der Waals surface area contributed by atoms with E-state index in [2.05, 4.69) is 14.8 Å². The zero-order chi connectivity index (χ0) is 16.3. The van der Waals surface area contributed by atoms with Crippen LogP contribution in [0.1, 0.15) is 37.8 Å². The fourth-order valence-electron chi connectivity index (χ4n) is 2.17. The molecule has 8 heteroatoms. The maximum absolute atomic E-state index is 12.3. The van der Waals surface area contributed by atoms with E-state index < -0.39 is 10.0 Å². The fourth-order valence-corrected chi connectivity index (χ4v) is 3.41. The van der Waals surface area contributed by atoms with Gasteiger partial charge in [-0.15, -0.1) is 0 Å². The molecule has 22 heavy (non-hydrogen) atoms. The third kappa shape index (κ3) is 3.75. The molecule has 1 N–H and O–H groups in total. The Balaban J connectivity index is 1.95. The number of imidazole rings is 1. The lowest BCUT2D eigenvalue weighted by molar-refractivity contribution is 0.528. The van der Waals surface area contributed by atoms with E-state index in [0.717, 1.165) is 12.4 Å². The van der Waals surface area contributed by atoms with Crippen LogP contribution in [-0.2, 0) is 16.6 Å². The van der Waals surface area contributed by atoms with Gasteiger partial charge < -0.3 is 4.57 Å². The molecule has 0 atom stereocenters. The predicted octanol–water partition coefficient (Wildman–Crippen LogP) is 1.65. The topological polar surface area (TPSA) is 81.8 Å². The number of nitrogens with zero attached hydrogens (tertiary/aromatic N) is 4. The summed E-state index contributed by atoms with van der Waals surface area (Å²) in [6.45, 7) is 8.68. The Hall–Kier alpha value is -1.67. The lowest BCUT2D eigenvalue weighted by Gasteiger charge is -2.07. The Morgan fingerprint density at radius 2 is 2.05 bits per heavy atom. The van der Waals surface area contributed by atoms with Crippen molar-refractivity contribution in [2.24, 2.45) is 0 Å². The summed E-state index contributed by atoms with van der Waals surface area (Å²) in [4.78, 5) is 4.39. The summed E-state index contributed by atoms with van der Waals surface area (Å²) in [5, 5.41) is 4.24. The Morgan fingerprint density at radius 1 is 1.32 bits per heavy atom. The molecular weight excluding hydrogens is 302 g/mol. The summed E-state index contributed by atoms with van der Waals surface area (Å²) in [7, 11) is -3.51. The maximum Gasteiger partial charge on any atom is 0.243 e. The molecule has 0 aliphatic carbocycles. The molecule has 2 rings (SSSR count). The second kappa shape index (κ2) is 6.62. The van der Waals surface area contributed by atoms with Gasteiger partial charge in [0, 0.05) is 37.7 Å². The average Bonchev–Trinajstić information content (AvgIpc) is 3.01. The van der Waals surface area contributed by atoms with Crippen LogP contribution in [0.5, 0.6) is 0 Å². The van der Waals surface area contributed by atoms with Gasteiger partial charge >= 0.3 is 0 Å². The normalized spacial score (nSPS) is 12.2. The first kappa shape index (κ1) is 16.7. The van der Waals surface area contributed by atoms with E-state index in [1.54, 1.807) is 24.0 Å². The Kier molecular flexibility index (Phi) is 5.02. The number of sulfonamides is 1. The fraction of sp³-hybridized carbons (Fsp3) is 0.571. The van der Waals surface area contributed by atoms with Crippen molar-refractivity contribution < 1.29 is 8.42 Å². The van der Waals surface area contributed by atoms with E-state index in [4.69, 9.17) is 0 Å². The van der Waals surface area contributed by atoms with E-state index >= 15 is 0 Å². The highest BCUT2D eigenvalue weighted by atomic mass is 32.2. The third-order valence-corrected chi connectivity index (χ3v) is 5.05. The van der Waals surface area contributed by atoms with Gasteiger partial charge in [0.2, 0.25) is 10.0 Å². The van der Waals surface area contributed by atoms with Crippen molar-refractivity contribution in [2.75, 3.05) is 6.54 Å². The molecule has 0 spiro atoms. The molecule has 0 fully saturated rings. The highest BCUT2D eigenvalue weighted by molar-refractivity contribution is 7.89. The monoisotopic (exact) mass is 325 g/mol. The summed E-state index contributed by atoms with van der Waals surface area (Å²) in [5.41, 5.74) is 0.520. The lowest BCUT2D eigenvalue weighted by atomic mass is 10.4. The molecule has 0 amide bonds. The van der Waals surface area contributed by atoms with Crippen molar-refractivity contribution in [3.63, 3.8) is 0 Å². The Morgan fingerprint density at radius 3 is 2.59 bits per heavy atom. The second-order valence-corrected chi connectivity index (χ2v) is 7.31. The minimum atomic E-state index is -3.51. The van der Waals surface area contributed by atoms with E-state index in [1.165, 1.54) is 0 Å². The van der Waals surface area contributed by atoms with Crippen LogP contribution >= 0.6 is 0 Å². The van der Waals surface area contributed by atoms with Crippen LogP contribution in [-0.4, -0.2) is 34.3 Å². The summed E-state index contributed by atoms with van der Waals surface area (Å²) in [5.74, 6) is 0.928. The minimum absolute atomic E-state index is 0.131. The molecule has 0 aliphatic heterocycles. The van der Waals surface area contributed by atoms with E-state index in [1.807, 2.05) is 31.5 Å². The van der Waals surface area contributed by atoms with Crippen LogP contribution in [0.4, 0.5) is 0 Å². The summed E-state index contributed by atoms with van der Waals surface area (Å²) < 4.78 is 31.0. The van der Waals surface area contributed by atoms with Gasteiger partial charge in [0.15, 0.2) is 0 Å². The first-order valence-corrected chi connectivity index (χ1v) is 8.82. The van der Waals surface area contributed by atoms with Crippen molar-refractivity contribution in [2.45, 2.75) is 51.6 Å². The molecule has 122 valence electrons. The molecule has 2 aromatic heterocycles. The number of hydrogen-bond donors (Lipinski definition) is 1. The van der Waals surface area contributed by atoms with Gasteiger partial charge in [0.1, 0.15) is 10.7 Å². The molecule has 0 saturated carbocycles. The zero-order valence-electron chi connectivity index (χ0n) is 13.4. The number of aromatic nitrogens is 4. The van der Waals surface area contributed by atoms with Crippen LogP contribution in [0.2, 0.25) is 0 Å². The van der Waals surface area contributed by atoms with Crippen molar-refractivity contribution in [1.82, 2.24) is 24.1 Å². The minimum Gasteiger partial charge on any atom is -0.335 e. The van der Waals surface area contributed by atoms with Crippen molar-refractivity contribution in [1.29, 1.82) is 0 Å². The second-order valence-electron chi connectivity index (χ2n) is 5.57. The number of hydrogen-bond acceptors (Lipinski definition) is 4. The van der Waals surface area contributed by atoms with Gasteiger partial charge in [-0.2, -0.15) is 5.10 Å². The van der Waals surface area contributed by atoms with Gasteiger partial charge in [-0.3, -0.25) is 4.68 Å². The van der Waals surface area contributed by atoms with Crippen LogP contribution in [0.15, 0.2) is 23.5 Å². The van der Waals surface area contributed by atoms with Crippen LogP contribution in [0.25, 0.3) is 0 Å². The van der Waals surface area contributed by atoms with Gasteiger partial charge in [0.25, 0.3) is 0 Å². The smallest absolute Gasteiger partial charge is 0.243 e. The molecule has 0 unspecified atom stereocenters. The SMILES string of the molecule is Cc1nn(C(C)C)cc1S(=O)(=O)NCCCn1ccnc1C. The van der Waals surface area contributed by atoms with Crippen molar-refractivity contribution in [3.8, 4) is 0 Å². The summed E-state index contributed by atoms with van der Waals surface area (Å²) >= 11 is 0. The van der Waals surface area contributed by atoms with Crippen LogP contribution in [0.3, 0.4) is 0 Å². The van der Waals surface area contributed by atoms with Crippen molar-refractivity contribution >= 4 is 10.0 Å². The number of aryl methyl sites for hydroxylation is 3. The number of rotatable bonds is 7. The highest BCUT2D eigenvalue weighted by Gasteiger charge is 2.20. The first-order valence-electron chi connectivity index (χ1n) is 7.34. The molecule has 0 saturated heterocycles. The molecule has 0 bridgehead atoms. The lowest BCUT2D eigenvalue weighted by Crippen LogP contribution is -2.26. The van der Waals surface area contributed by atoms with Gasteiger partial charge in [0.05, 0.1) is 5.69 Å². The average molecular weight is 325 g/mol. The van der Waals surface area contributed by atoms with Crippen molar-refractivity contribution in [3.05, 3.63) is 30.1 Å². The molecule has 0 aromatic carbocycles. The van der Waals surface area contributed by atoms with E-state index in [-0.39, 0.29) is 10.9 Å². The highest BCUT2D eigenvalue weighted by Crippen LogP contribution is 2.15. The Labute approximate surface area is 131 Å². The molecule has 7 nitrogen and oxygen atoms in total. The number of nitrogens with one attached hydrogen (secondary N) is 1. The Bertz CT molecular complexity index is 730. The molecular formula is C14H23N5O2S. The quantitative estimate of drug-likeness (QED) is 0.785. The molecule has 2 aromatic rings. The molecule has 0 aliphatic rings. The summed E-state index contributed by atoms with van der Waals surface area (Å²) in [6.07, 6.45) is 5.92. The van der Waals surface area contributed by atoms with Gasteiger partial charge in [-0.1, -0.05) is 0 Å². The maximum atomic E-state index is 12.3. The van der Waals surface area contributed by atoms with Gasteiger partial charge in [-0.25, -0.2) is 18.1 Å². The predicted molar refractivity (Wildman–Crippen MR) is 84.1 cm³/mol. The van der Waals surface area contributed by atoms with Gasteiger partial charge in [-0.05, 0) is 34.1 Å². The molecule has 0 radical (unpaired) electrons. The third-order valence-electron chi connectivity index (χ3n) is 3.48. The van der Waals surface area contributed by atoms with Crippen LogP contribution in [0, 0.1) is 13.8 Å². The zero-order valence-corrected chi connectivity index (χ0v) is 14.3. The van der Waals surface area contributed by atoms with E-state index in [9.17, 15) is 8.42 Å². The molecule has 2 heterocycles. The standard InChI is InChI=1S/C14H23N5O2S/c1-11(2)19-10-14(12(3)17-19)22(20,21)16-6-5-8-18-9-7-15-13(18)4/h7,9-11,16H,5-6,8H2,1-4H3. The van der Waals surface area contributed by atoms with E-state index in [0.29, 0.717) is 18.7 Å². The largest absolute Gasteiger partial charge is 0.335 e. The van der Waals surface area contributed by atoms with Crippen LogP contribution < -0.4 is 4.72 Å². The first-order chi connectivity index (χ1) is 10.3.